The van der Waals surface area contributed by atoms with Crippen molar-refractivity contribution in [1.82, 2.24) is 14.7 Å². The number of likely N-dealkylation sites (tertiary alicyclic amines) is 1. The number of ether oxygens (including phenoxy) is 1. The summed E-state index contributed by atoms with van der Waals surface area (Å²) >= 11 is 0. The minimum atomic E-state index is -0.903. The highest BCUT2D eigenvalue weighted by molar-refractivity contribution is 5.94. The molecule has 1 aromatic heterocycles. The Balaban J connectivity index is 0.000000318. The SMILES string of the molecule is CC(C)(C)OC(=O)N1CCCCC1.ONc1nn(C(c2ccccc2)(c2ccccc2)c2ccccc2)c2ccc(-c3ccc(F)cc3F)cc12.[HH]. The predicted molar refractivity (Wildman–Crippen MR) is 199 cm³/mol. The molecular weight excluding hydrogens is 646 g/mol. The number of piperidine rings is 1. The third kappa shape index (κ3) is 7.49. The molecule has 7 rings (SSSR count). The number of carbonyl (C=O) groups excluding carboxylic acids is 1. The van der Waals surface area contributed by atoms with Crippen molar-refractivity contribution >= 4 is 22.8 Å². The summed E-state index contributed by atoms with van der Waals surface area (Å²) in [5.74, 6) is -1.09. The second-order valence-corrected chi connectivity index (χ2v) is 13.6. The van der Waals surface area contributed by atoms with E-state index in [1.54, 1.807) is 17.0 Å². The summed E-state index contributed by atoms with van der Waals surface area (Å²) in [6.07, 6.45) is 3.30. The molecule has 9 heteroatoms. The first-order chi connectivity index (χ1) is 24.6. The number of rotatable bonds is 6. The zero-order valence-electron chi connectivity index (χ0n) is 29.0. The molecule has 2 N–H and O–H groups in total. The number of amides is 1. The monoisotopic (exact) mass is 690 g/mol. The Kier molecular flexibility index (Phi) is 10.5. The Bertz CT molecular complexity index is 1990. The van der Waals surface area contributed by atoms with Gasteiger partial charge in [0.05, 0.1) is 5.52 Å². The summed E-state index contributed by atoms with van der Waals surface area (Å²) in [7, 11) is 0. The summed E-state index contributed by atoms with van der Waals surface area (Å²) in [6, 6.07) is 39.1. The molecule has 0 radical (unpaired) electrons. The molecule has 0 bridgehead atoms. The number of aromatic nitrogens is 2. The average Bonchev–Trinajstić information content (AvgIpc) is 3.51. The number of fused-ring (bicyclic) bond motifs is 1. The smallest absolute Gasteiger partial charge is 0.410 e. The van der Waals surface area contributed by atoms with Gasteiger partial charge >= 0.3 is 6.09 Å². The molecule has 0 spiro atoms. The van der Waals surface area contributed by atoms with E-state index in [0.717, 1.165) is 48.7 Å². The number of hydrogen-bond donors (Lipinski definition) is 2. The molecule has 1 aliphatic rings. The van der Waals surface area contributed by atoms with Gasteiger partial charge in [0.25, 0.3) is 0 Å². The van der Waals surface area contributed by atoms with Crippen LogP contribution in [-0.4, -0.2) is 44.7 Å². The lowest BCUT2D eigenvalue weighted by atomic mass is 9.77. The second-order valence-electron chi connectivity index (χ2n) is 13.6. The Morgan fingerprint density at radius 2 is 1.31 bits per heavy atom. The van der Waals surface area contributed by atoms with Crippen molar-refractivity contribution in [3.05, 3.63) is 156 Å². The van der Waals surface area contributed by atoms with Crippen LogP contribution in [0.2, 0.25) is 0 Å². The normalized spacial score (nSPS) is 13.3. The van der Waals surface area contributed by atoms with E-state index in [2.05, 4.69) is 41.9 Å². The quantitative estimate of drug-likeness (QED) is 0.134. The third-order valence-electron chi connectivity index (χ3n) is 8.93. The minimum absolute atomic E-state index is 0. The van der Waals surface area contributed by atoms with Crippen molar-refractivity contribution in [3.8, 4) is 11.1 Å². The van der Waals surface area contributed by atoms with E-state index in [9.17, 15) is 18.8 Å². The number of nitrogens with one attached hydrogen (secondary N) is 1. The van der Waals surface area contributed by atoms with Crippen LogP contribution in [0, 0.1) is 11.6 Å². The number of anilines is 1. The van der Waals surface area contributed by atoms with Gasteiger partial charge in [-0.05, 0) is 86.6 Å². The van der Waals surface area contributed by atoms with E-state index >= 15 is 0 Å². The molecule has 264 valence electrons. The maximum absolute atomic E-state index is 14.7. The van der Waals surface area contributed by atoms with Gasteiger partial charge in [0, 0.05) is 31.5 Å². The fourth-order valence-corrected chi connectivity index (χ4v) is 6.66. The molecule has 1 saturated heterocycles. The van der Waals surface area contributed by atoms with Crippen molar-refractivity contribution < 1.29 is 24.9 Å². The maximum atomic E-state index is 14.7. The van der Waals surface area contributed by atoms with Crippen LogP contribution < -0.4 is 5.48 Å². The number of carbonyl (C=O) groups is 1. The van der Waals surface area contributed by atoms with Crippen LogP contribution in [0.5, 0.6) is 0 Å². The van der Waals surface area contributed by atoms with E-state index in [1.165, 1.54) is 18.6 Å². The average molecular weight is 691 g/mol. The first-order valence-corrected chi connectivity index (χ1v) is 17.1. The molecule has 0 saturated carbocycles. The second kappa shape index (κ2) is 15.1. The summed E-state index contributed by atoms with van der Waals surface area (Å²) < 4.78 is 35.4. The van der Waals surface area contributed by atoms with E-state index in [0.29, 0.717) is 16.5 Å². The van der Waals surface area contributed by atoms with Gasteiger partial charge in [0.15, 0.2) is 5.82 Å². The zero-order chi connectivity index (χ0) is 36.0. The molecule has 1 aliphatic heterocycles. The van der Waals surface area contributed by atoms with Crippen LogP contribution in [0.4, 0.5) is 19.4 Å². The molecule has 2 heterocycles. The molecule has 6 aromatic rings. The van der Waals surface area contributed by atoms with Crippen molar-refractivity contribution in [2.45, 2.75) is 51.2 Å². The number of nitrogens with zero attached hydrogens (tertiary/aromatic N) is 3. The number of benzene rings is 5. The molecule has 5 aromatic carbocycles. The molecule has 1 amide bonds. The lowest BCUT2D eigenvalue weighted by Crippen LogP contribution is -2.39. The summed E-state index contributed by atoms with van der Waals surface area (Å²) in [6.45, 7) is 7.41. The fraction of sp³-hybridized carbons (Fsp3) is 0.238. The van der Waals surface area contributed by atoms with Crippen LogP contribution in [-0.2, 0) is 10.3 Å². The molecule has 0 atom stereocenters. The van der Waals surface area contributed by atoms with Gasteiger partial charge in [-0.3, -0.25) is 10.7 Å². The standard InChI is InChI=1S/C32H23F2N3O.C10H19NO2.H2/c33-26-17-18-27(29(34)21-26)22-16-19-30-28(20-22)31(36-38)35-37(30)32(23-10-4-1-5-11-23,24-12-6-2-7-13-24)25-14-8-3-9-15-25;1-10(2,3)13-9(12)11-7-5-4-6-8-11;/h1-21,38H,(H,35,36);4-8H2,1-3H3;1H. The molecule has 0 unspecified atom stereocenters. The minimum Gasteiger partial charge on any atom is -0.444 e. The summed E-state index contributed by atoms with van der Waals surface area (Å²) in [4.78, 5) is 13.3. The van der Waals surface area contributed by atoms with Crippen LogP contribution in [0.3, 0.4) is 0 Å². The van der Waals surface area contributed by atoms with Gasteiger partial charge < -0.3 is 9.64 Å². The highest BCUT2D eigenvalue weighted by Crippen LogP contribution is 2.44. The lowest BCUT2D eigenvalue weighted by molar-refractivity contribution is 0.0216. The Labute approximate surface area is 298 Å². The van der Waals surface area contributed by atoms with Crippen LogP contribution in [0.15, 0.2) is 127 Å². The number of hydrogen-bond acceptors (Lipinski definition) is 5. The molecule has 7 nitrogen and oxygen atoms in total. The van der Waals surface area contributed by atoms with Crippen molar-refractivity contribution in [3.63, 3.8) is 0 Å². The molecule has 1 fully saturated rings. The topological polar surface area (TPSA) is 79.6 Å². The van der Waals surface area contributed by atoms with Gasteiger partial charge in [-0.2, -0.15) is 5.10 Å². The maximum Gasteiger partial charge on any atom is 0.410 e. The third-order valence-corrected chi connectivity index (χ3v) is 8.93. The lowest BCUT2D eigenvalue weighted by Gasteiger charge is -2.37. The highest BCUT2D eigenvalue weighted by atomic mass is 19.1. The van der Waals surface area contributed by atoms with Crippen molar-refractivity contribution in [2.75, 3.05) is 18.6 Å². The van der Waals surface area contributed by atoms with Gasteiger partial charge in [-0.15, -0.1) is 0 Å². The van der Waals surface area contributed by atoms with Gasteiger partial charge in [-0.25, -0.2) is 18.3 Å². The molecular formula is C42H44F2N4O3. The zero-order valence-corrected chi connectivity index (χ0v) is 29.0. The van der Waals surface area contributed by atoms with Crippen molar-refractivity contribution in [1.29, 1.82) is 0 Å². The van der Waals surface area contributed by atoms with Crippen LogP contribution >= 0.6 is 0 Å². The predicted octanol–water partition coefficient (Wildman–Crippen LogP) is 10.3. The van der Waals surface area contributed by atoms with E-state index in [-0.39, 0.29) is 24.5 Å². The summed E-state index contributed by atoms with van der Waals surface area (Å²) in [5, 5.41) is 15.6. The Morgan fingerprint density at radius 1 is 0.765 bits per heavy atom. The van der Waals surface area contributed by atoms with E-state index in [4.69, 9.17) is 9.84 Å². The summed E-state index contributed by atoms with van der Waals surface area (Å²) in [5.41, 5.74) is 5.39. The molecule has 51 heavy (non-hydrogen) atoms. The molecule has 0 aliphatic carbocycles. The van der Waals surface area contributed by atoms with Gasteiger partial charge in [-0.1, -0.05) is 97.1 Å². The Hall–Kier alpha value is -5.54. The largest absolute Gasteiger partial charge is 0.444 e. The van der Waals surface area contributed by atoms with Crippen LogP contribution in [0.1, 0.15) is 58.2 Å². The fourth-order valence-electron chi connectivity index (χ4n) is 6.66. The van der Waals surface area contributed by atoms with Gasteiger partial charge in [0.2, 0.25) is 0 Å². The van der Waals surface area contributed by atoms with Gasteiger partial charge in [0.1, 0.15) is 22.8 Å². The van der Waals surface area contributed by atoms with E-state index in [1.807, 2.05) is 86.1 Å². The van der Waals surface area contributed by atoms with Crippen LogP contribution in [0.25, 0.3) is 22.0 Å². The first kappa shape index (κ1) is 35.3. The van der Waals surface area contributed by atoms with Crippen molar-refractivity contribution in [2.24, 2.45) is 0 Å². The first-order valence-electron chi connectivity index (χ1n) is 17.1. The van der Waals surface area contributed by atoms with E-state index < -0.39 is 17.2 Å². The Morgan fingerprint density at radius 3 is 1.80 bits per heavy atom. The number of halogens is 2. The highest BCUT2D eigenvalue weighted by Gasteiger charge is 2.41.